The normalized spacial score (nSPS) is 17.7. The summed E-state index contributed by atoms with van der Waals surface area (Å²) in [6.45, 7) is 4.53. The maximum atomic E-state index is 12.9. The molecule has 0 spiro atoms. The fourth-order valence-electron chi connectivity index (χ4n) is 1.92. The van der Waals surface area contributed by atoms with Gasteiger partial charge in [0.25, 0.3) is 0 Å². The second kappa shape index (κ2) is 11.3. The van der Waals surface area contributed by atoms with E-state index in [0.717, 1.165) is 11.7 Å². The highest BCUT2D eigenvalue weighted by atomic mass is 32.1. The Bertz CT molecular complexity index is 473. The van der Waals surface area contributed by atoms with Crippen molar-refractivity contribution < 1.29 is 19.0 Å². The van der Waals surface area contributed by atoms with Gasteiger partial charge in [-0.3, -0.25) is 4.90 Å². The molecule has 1 N–H and O–H groups in total. The van der Waals surface area contributed by atoms with Crippen LogP contribution in [0.3, 0.4) is 0 Å². The first-order chi connectivity index (χ1) is 10.5. The highest BCUT2D eigenvalue weighted by Gasteiger charge is 2.31. The first kappa shape index (κ1) is 21.7. The lowest BCUT2D eigenvalue weighted by Crippen LogP contribution is -2.25. The van der Waals surface area contributed by atoms with E-state index in [1.54, 1.807) is 6.07 Å². The molecule has 0 aliphatic carbocycles. The number of anilines is 1. The second-order valence-electron chi connectivity index (χ2n) is 5.33. The molecule has 1 aliphatic heterocycles. The summed E-state index contributed by atoms with van der Waals surface area (Å²) in [7, 11) is 0. The van der Waals surface area contributed by atoms with Gasteiger partial charge in [-0.2, -0.15) is 0 Å². The van der Waals surface area contributed by atoms with Crippen LogP contribution < -0.4 is 4.90 Å². The van der Waals surface area contributed by atoms with E-state index in [9.17, 15) is 9.18 Å². The van der Waals surface area contributed by atoms with E-state index in [2.05, 4.69) is 26.5 Å². The fraction of sp³-hybridized carbons (Fsp3) is 0.588. The third-order valence-electron chi connectivity index (χ3n) is 3.53. The van der Waals surface area contributed by atoms with E-state index in [0.29, 0.717) is 5.69 Å². The lowest BCUT2D eigenvalue weighted by atomic mass is 10.1. The summed E-state index contributed by atoms with van der Waals surface area (Å²) < 4.78 is 17.7. The van der Waals surface area contributed by atoms with Gasteiger partial charge in [0.1, 0.15) is 17.7 Å². The monoisotopic (exact) mass is 346 g/mol. The molecule has 0 saturated carbocycles. The molecule has 1 fully saturated rings. The van der Waals surface area contributed by atoms with Crippen LogP contribution in [-0.4, -0.2) is 36.2 Å². The van der Waals surface area contributed by atoms with Gasteiger partial charge in [-0.25, -0.2) is 9.18 Å². The number of hydrogen-bond acceptors (Lipinski definition) is 3. The molecular formula is C17H29FNO3S+. The maximum absolute atomic E-state index is 12.9. The highest BCUT2D eigenvalue weighted by Crippen LogP contribution is 2.21. The molecule has 1 aromatic rings. The Morgan fingerprint density at radius 2 is 2.22 bits per heavy atom. The standard InChI is InChI=1S/C10H10FNO3.C6H14S.CH4/c11-7-2-1-3-8(4-7)12-5-9(6-13)15-10(12)14;1-3-6(2)4-5-7;/h1-4,9,13H,5-6H2;6-7H,3-5H2,1-2H3;1H4/p+1. The number of benzene rings is 1. The van der Waals surface area contributed by atoms with Crippen molar-refractivity contribution in [3.05, 3.63) is 30.1 Å². The fourth-order valence-corrected chi connectivity index (χ4v) is 2.41. The Morgan fingerprint density at radius 1 is 1.52 bits per heavy atom. The average molecular weight is 346 g/mol. The molecule has 1 saturated heterocycles. The summed E-state index contributed by atoms with van der Waals surface area (Å²) in [4.78, 5) is 12.6. The zero-order valence-corrected chi connectivity index (χ0v) is 14.1. The zero-order valence-electron chi connectivity index (χ0n) is 13.1. The molecule has 1 aromatic carbocycles. The molecule has 1 heterocycles. The highest BCUT2D eigenvalue weighted by molar-refractivity contribution is 7.58. The lowest BCUT2D eigenvalue weighted by molar-refractivity contribution is 0.0963. The van der Waals surface area contributed by atoms with Gasteiger partial charge >= 0.3 is 6.09 Å². The topological polar surface area (TPSA) is 49.8 Å². The van der Waals surface area contributed by atoms with Crippen LogP contribution in [0.4, 0.5) is 14.9 Å². The van der Waals surface area contributed by atoms with E-state index in [1.165, 1.54) is 35.9 Å². The molecular weight excluding hydrogens is 317 g/mol. The van der Waals surface area contributed by atoms with Crippen LogP contribution in [0.5, 0.6) is 0 Å². The van der Waals surface area contributed by atoms with Crippen LogP contribution in [0.1, 0.15) is 34.1 Å². The van der Waals surface area contributed by atoms with Crippen molar-refractivity contribution in [2.24, 2.45) is 5.92 Å². The third kappa shape index (κ3) is 7.22. The Hall–Kier alpha value is -1.27. The van der Waals surface area contributed by atoms with Gasteiger partial charge in [0.05, 0.1) is 18.8 Å². The van der Waals surface area contributed by atoms with Crippen molar-refractivity contribution in [2.45, 2.75) is 40.2 Å². The number of carbonyl (C=O) groups is 1. The van der Waals surface area contributed by atoms with Gasteiger partial charge in [0.15, 0.2) is 0 Å². The summed E-state index contributed by atoms with van der Waals surface area (Å²) in [5, 5.41) is 8.83. The number of aliphatic hydroxyl groups excluding tert-OH is 1. The lowest BCUT2D eigenvalue weighted by Gasteiger charge is -2.12. The van der Waals surface area contributed by atoms with E-state index >= 15 is 0 Å². The molecule has 0 bridgehead atoms. The number of rotatable bonds is 5. The molecule has 2 atom stereocenters. The molecule has 2 rings (SSSR count). The number of nitrogens with zero attached hydrogens (tertiary/aromatic N) is 1. The minimum absolute atomic E-state index is 0. The molecule has 6 heteroatoms. The molecule has 4 nitrogen and oxygen atoms in total. The first-order valence-corrected chi connectivity index (χ1v) is 8.21. The van der Waals surface area contributed by atoms with Crippen molar-refractivity contribution >= 4 is 24.4 Å². The Kier molecular flexibility index (Phi) is 10.7. The zero-order chi connectivity index (χ0) is 16.5. The smallest absolute Gasteiger partial charge is 0.414 e. The SMILES string of the molecule is C.CCC(C)CC[SH2+].O=C1OC(CO)CN1c1cccc(F)c1. The average Bonchev–Trinajstić information content (AvgIpc) is 2.89. The molecule has 0 radical (unpaired) electrons. The Morgan fingerprint density at radius 3 is 2.65 bits per heavy atom. The number of hydrogen-bond donors (Lipinski definition) is 1. The van der Waals surface area contributed by atoms with Gasteiger partial charge in [-0.1, -0.05) is 33.8 Å². The van der Waals surface area contributed by atoms with Gasteiger partial charge in [0, 0.05) is 0 Å². The summed E-state index contributed by atoms with van der Waals surface area (Å²) in [6.07, 6.45) is 1.54. The summed E-state index contributed by atoms with van der Waals surface area (Å²) in [6, 6.07) is 5.68. The third-order valence-corrected chi connectivity index (χ3v) is 3.82. The largest absolute Gasteiger partial charge is 0.441 e. The number of ether oxygens (including phenoxy) is 1. The molecule has 23 heavy (non-hydrogen) atoms. The van der Waals surface area contributed by atoms with Crippen molar-refractivity contribution in [3.8, 4) is 0 Å². The van der Waals surface area contributed by atoms with E-state index in [4.69, 9.17) is 9.84 Å². The minimum Gasteiger partial charge on any atom is -0.441 e. The van der Waals surface area contributed by atoms with E-state index < -0.39 is 18.0 Å². The van der Waals surface area contributed by atoms with Crippen molar-refractivity contribution in [1.82, 2.24) is 0 Å². The molecule has 1 aliphatic rings. The van der Waals surface area contributed by atoms with Crippen LogP contribution in [0, 0.1) is 11.7 Å². The molecule has 2 unspecified atom stereocenters. The number of cyclic esters (lactones) is 1. The summed E-state index contributed by atoms with van der Waals surface area (Å²) >= 11 is 3.43. The number of aliphatic hydroxyl groups is 1. The second-order valence-corrected chi connectivity index (χ2v) is 5.83. The van der Waals surface area contributed by atoms with E-state index in [-0.39, 0.29) is 20.6 Å². The summed E-state index contributed by atoms with van der Waals surface area (Å²) in [5.41, 5.74) is 0.441. The minimum atomic E-state index is -0.556. The maximum Gasteiger partial charge on any atom is 0.414 e. The van der Waals surface area contributed by atoms with Crippen molar-refractivity contribution in [1.29, 1.82) is 0 Å². The summed E-state index contributed by atoms with van der Waals surface area (Å²) in [5.74, 6) is 1.64. The first-order valence-electron chi connectivity index (χ1n) is 7.50. The van der Waals surface area contributed by atoms with Crippen LogP contribution in [0.2, 0.25) is 0 Å². The predicted molar refractivity (Wildman–Crippen MR) is 96.9 cm³/mol. The van der Waals surface area contributed by atoms with Crippen LogP contribution in [0.25, 0.3) is 0 Å². The molecule has 1 amide bonds. The van der Waals surface area contributed by atoms with E-state index in [1.807, 2.05) is 0 Å². The van der Waals surface area contributed by atoms with Crippen molar-refractivity contribution in [2.75, 3.05) is 23.8 Å². The number of amides is 1. The van der Waals surface area contributed by atoms with Gasteiger partial charge in [-0.05, 0) is 43.2 Å². The number of halogens is 1. The Balaban J connectivity index is 0.000000522. The van der Waals surface area contributed by atoms with Gasteiger partial charge in [0.2, 0.25) is 0 Å². The predicted octanol–water partition coefficient (Wildman–Crippen LogP) is 3.21. The molecule has 0 aromatic heterocycles. The number of carbonyl (C=O) groups excluding carboxylic acids is 1. The van der Waals surface area contributed by atoms with Crippen LogP contribution in [-0.2, 0) is 17.4 Å². The quantitative estimate of drug-likeness (QED) is 0.833. The van der Waals surface area contributed by atoms with Gasteiger partial charge < -0.3 is 9.84 Å². The van der Waals surface area contributed by atoms with Crippen LogP contribution in [0.15, 0.2) is 24.3 Å². The van der Waals surface area contributed by atoms with Gasteiger partial charge in [-0.15, -0.1) is 0 Å². The van der Waals surface area contributed by atoms with Crippen molar-refractivity contribution in [3.63, 3.8) is 0 Å². The molecule has 132 valence electrons. The van der Waals surface area contributed by atoms with Crippen LogP contribution >= 0.6 is 0 Å². The Labute approximate surface area is 144 Å².